The highest BCUT2D eigenvalue weighted by atomic mass is 127. The molecule has 2 aliphatic heterocycles. The molecule has 0 aliphatic carbocycles. The second-order valence-corrected chi connectivity index (χ2v) is 7.83. The van der Waals surface area contributed by atoms with E-state index in [1.165, 1.54) is 0 Å². The van der Waals surface area contributed by atoms with E-state index in [2.05, 4.69) is 25.3 Å². The van der Waals surface area contributed by atoms with Gasteiger partial charge in [0, 0.05) is 31.9 Å². The molecule has 0 spiro atoms. The van der Waals surface area contributed by atoms with E-state index in [0.29, 0.717) is 26.2 Å². The maximum absolute atomic E-state index is 12.3. The summed E-state index contributed by atoms with van der Waals surface area (Å²) in [6.07, 6.45) is 3.28. The Morgan fingerprint density at radius 2 is 2.11 bits per heavy atom. The first-order chi connectivity index (χ1) is 12.9. The summed E-state index contributed by atoms with van der Waals surface area (Å²) in [7, 11) is 0. The number of piperazine rings is 1. The van der Waals surface area contributed by atoms with Gasteiger partial charge in [-0.05, 0) is 26.8 Å². The molecule has 4 rings (SSSR count). The van der Waals surface area contributed by atoms with E-state index in [4.69, 9.17) is 4.74 Å². The molecule has 1 unspecified atom stereocenters. The van der Waals surface area contributed by atoms with Crippen molar-refractivity contribution in [3.8, 4) is 0 Å². The lowest BCUT2D eigenvalue weighted by atomic mass is 10.2. The fourth-order valence-electron chi connectivity index (χ4n) is 3.41. The number of guanidine groups is 1. The number of halogens is 1. The number of hydrogen-bond donors (Lipinski definition) is 1. The summed E-state index contributed by atoms with van der Waals surface area (Å²) in [6, 6.07) is 4.01. The molecule has 1 amide bonds. The van der Waals surface area contributed by atoms with Crippen LogP contribution >= 0.6 is 24.0 Å². The van der Waals surface area contributed by atoms with Crippen LogP contribution < -0.4 is 5.32 Å². The molecule has 1 fully saturated rings. The number of carbonyl (C=O) groups is 1. The summed E-state index contributed by atoms with van der Waals surface area (Å²) in [5.74, 6) is 0.876. The normalized spacial score (nSPS) is 19.1. The minimum absolute atomic E-state index is 0. The Labute approximate surface area is 181 Å². The lowest BCUT2D eigenvalue weighted by molar-refractivity contribution is 0.0137. The number of ether oxygens (including phenoxy) is 1. The van der Waals surface area contributed by atoms with Crippen molar-refractivity contribution in [3.63, 3.8) is 0 Å². The third-order valence-electron chi connectivity index (χ3n) is 4.65. The van der Waals surface area contributed by atoms with E-state index in [-0.39, 0.29) is 36.1 Å². The van der Waals surface area contributed by atoms with Gasteiger partial charge in [0.2, 0.25) is 0 Å². The summed E-state index contributed by atoms with van der Waals surface area (Å²) in [4.78, 5) is 25.2. The van der Waals surface area contributed by atoms with Gasteiger partial charge in [0.25, 0.3) is 0 Å². The number of hydrogen-bond acceptors (Lipinski definition) is 7. The number of carbonyl (C=O) groups excluding carboxylic acids is 1. The van der Waals surface area contributed by atoms with Gasteiger partial charge in [0.15, 0.2) is 11.6 Å². The van der Waals surface area contributed by atoms with Crippen LogP contribution in [0, 0.1) is 0 Å². The molecule has 0 bridgehead atoms. The number of nitrogens with one attached hydrogen (secondary N) is 1. The highest BCUT2D eigenvalue weighted by Gasteiger charge is 2.36. The van der Waals surface area contributed by atoms with Crippen LogP contribution in [0.3, 0.4) is 0 Å². The molecule has 9 nitrogen and oxygen atoms in total. The average Bonchev–Trinajstić information content (AvgIpc) is 3.25. The van der Waals surface area contributed by atoms with Crippen molar-refractivity contribution in [2.45, 2.75) is 39.0 Å². The molecule has 1 atom stereocenters. The lowest BCUT2D eigenvalue weighted by Crippen LogP contribution is -2.57. The van der Waals surface area contributed by atoms with E-state index in [1.54, 1.807) is 17.3 Å². The third-order valence-corrected chi connectivity index (χ3v) is 4.65. The molecule has 152 valence electrons. The van der Waals surface area contributed by atoms with Crippen LogP contribution in [0.2, 0.25) is 0 Å². The highest BCUT2D eigenvalue weighted by molar-refractivity contribution is 14.0. The molecule has 0 aromatic carbocycles. The van der Waals surface area contributed by atoms with Crippen LogP contribution in [0.4, 0.5) is 4.79 Å². The van der Waals surface area contributed by atoms with Crippen LogP contribution in [0.15, 0.2) is 29.5 Å². The van der Waals surface area contributed by atoms with Crippen LogP contribution in [-0.4, -0.2) is 74.3 Å². The van der Waals surface area contributed by atoms with Crippen molar-refractivity contribution in [2.75, 3.05) is 26.2 Å². The minimum atomic E-state index is -0.477. The van der Waals surface area contributed by atoms with Gasteiger partial charge in [0.1, 0.15) is 5.60 Å². The van der Waals surface area contributed by atoms with Crippen molar-refractivity contribution >= 4 is 41.7 Å². The molecular weight excluding hydrogens is 473 g/mol. The maximum Gasteiger partial charge on any atom is 0.410 e. The van der Waals surface area contributed by atoms with Crippen molar-refractivity contribution in [3.05, 3.63) is 30.2 Å². The summed E-state index contributed by atoms with van der Waals surface area (Å²) >= 11 is 0. The first-order valence-corrected chi connectivity index (χ1v) is 9.21. The van der Waals surface area contributed by atoms with Gasteiger partial charge >= 0.3 is 6.09 Å². The van der Waals surface area contributed by atoms with E-state index in [9.17, 15) is 4.79 Å². The van der Waals surface area contributed by atoms with Gasteiger partial charge in [-0.1, -0.05) is 0 Å². The first-order valence-electron chi connectivity index (χ1n) is 9.21. The topological polar surface area (TPSA) is 87.4 Å². The van der Waals surface area contributed by atoms with Gasteiger partial charge in [0.05, 0.1) is 31.0 Å². The minimum Gasteiger partial charge on any atom is -0.444 e. The third kappa shape index (κ3) is 4.31. The predicted molar refractivity (Wildman–Crippen MR) is 116 cm³/mol. The van der Waals surface area contributed by atoms with E-state index < -0.39 is 5.60 Å². The molecule has 2 aromatic rings. The molecular formula is C18H26IN7O2. The van der Waals surface area contributed by atoms with Crippen molar-refractivity contribution in [1.82, 2.24) is 29.7 Å². The fourth-order valence-corrected chi connectivity index (χ4v) is 3.41. The van der Waals surface area contributed by atoms with Crippen LogP contribution in [0.5, 0.6) is 0 Å². The molecule has 1 N–H and O–H groups in total. The van der Waals surface area contributed by atoms with Gasteiger partial charge in [-0.3, -0.25) is 4.99 Å². The van der Waals surface area contributed by atoms with Crippen molar-refractivity contribution in [2.24, 2.45) is 4.99 Å². The predicted octanol–water partition coefficient (Wildman–Crippen LogP) is 1.73. The molecule has 28 heavy (non-hydrogen) atoms. The molecule has 0 saturated carbocycles. The average molecular weight is 499 g/mol. The number of nitrogens with zero attached hydrogens (tertiary/aromatic N) is 6. The zero-order chi connectivity index (χ0) is 19.0. The Morgan fingerprint density at radius 1 is 1.29 bits per heavy atom. The Kier molecular flexibility index (Phi) is 5.96. The summed E-state index contributed by atoms with van der Waals surface area (Å²) in [5, 5.41) is 7.72. The highest BCUT2D eigenvalue weighted by Crippen LogP contribution is 2.18. The number of fused-ring (bicyclic) bond motifs is 2. The van der Waals surface area contributed by atoms with Crippen LogP contribution in [-0.2, 0) is 11.3 Å². The second kappa shape index (κ2) is 8.10. The monoisotopic (exact) mass is 499 g/mol. The molecule has 0 radical (unpaired) electrons. The Hall–Kier alpha value is -2.11. The number of rotatable bonds is 2. The van der Waals surface area contributed by atoms with Crippen LogP contribution in [0.25, 0.3) is 5.65 Å². The second-order valence-electron chi connectivity index (χ2n) is 7.83. The Balaban J connectivity index is 0.00000225. The molecule has 2 aromatic heterocycles. The number of aliphatic imine (C=N–C) groups is 1. The number of aromatic nitrogens is 3. The summed E-state index contributed by atoms with van der Waals surface area (Å²) < 4.78 is 7.31. The zero-order valence-corrected chi connectivity index (χ0v) is 18.7. The van der Waals surface area contributed by atoms with Crippen molar-refractivity contribution in [1.29, 1.82) is 0 Å². The largest absolute Gasteiger partial charge is 0.444 e. The summed E-state index contributed by atoms with van der Waals surface area (Å²) in [5.41, 5.74) is 1.37. The zero-order valence-electron chi connectivity index (χ0n) is 16.3. The van der Waals surface area contributed by atoms with E-state index in [0.717, 1.165) is 23.8 Å². The van der Waals surface area contributed by atoms with Gasteiger partial charge < -0.3 is 19.9 Å². The number of amides is 1. The van der Waals surface area contributed by atoms with E-state index in [1.807, 2.05) is 37.4 Å². The SMILES string of the molecule is CC(C)(C)OC(=O)N1CCN2C(NCc3ccnc4ccnn34)=NCC2C1.I. The molecule has 1 saturated heterocycles. The standard InChI is InChI=1S/C18H25N7O2.HI/c1-18(2,3)27-17(26)23-8-9-24-14(12-23)11-21-16(24)20-10-13-4-6-19-15-5-7-22-25(13)15;/h4-7,14H,8-12H2,1-3H3,(H,20,21);1H. The quantitative estimate of drug-likeness (QED) is 0.634. The Bertz CT molecular complexity index is 876. The summed E-state index contributed by atoms with van der Waals surface area (Å²) in [6.45, 7) is 8.94. The van der Waals surface area contributed by atoms with Gasteiger partial charge in [-0.15, -0.1) is 24.0 Å². The Morgan fingerprint density at radius 3 is 2.89 bits per heavy atom. The first kappa shape index (κ1) is 20.6. The van der Waals surface area contributed by atoms with Gasteiger partial charge in [-0.2, -0.15) is 5.10 Å². The van der Waals surface area contributed by atoms with E-state index >= 15 is 0 Å². The van der Waals surface area contributed by atoms with Crippen LogP contribution in [0.1, 0.15) is 26.5 Å². The molecule has 2 aliphatic rings. The molecule has 4 heterocycles. The maximum atomic E-state index is 12.3. The lowest BCUT2D eigenvalue weighted by Gasteiger charge is -2.39. The van der Waals surface area contributed by atoms with Gasteiger partial charge in [-0.25, -0.2) is 14.3 Å². The smallest absolute Gasteiger partial charge is 0.410 e. The van der Waals surface area contributed by atoms with Crippen molar-refractivity contribution < 1.29 is 9.53 Å². The molecule has 10 heteroatoms. The fraction of sp³-hybridized carbons (Fsp3) is 0.556.